The minimum atomic E-state index is -0.678. The molecule has 54 valence electrons. The molecule has 9 heavy (non-hydrogen) atoms. The van der Waals surface area contributed by atoms with Crippen molar-refractivity contribution in [3.63, 3.8) is 0 Å². The van der Waals surface area contributed by atoms with Crippen molar-refractivity contribution in [1.82, 2.24) is 0 Å². The van der Waals surface area contributed by atoms with E-state index in [1.807, 2.05) is 17.7 Å². The third-order valence-corrected chi connectivity index (χ3v) is 2.65. The van der Waals surface area contributed by atoms with Crippen molar-refractivity contribution in [1.29, 1.82) is 0 Å². The molecule has 0 N–H and O–H groups in total. The monoisotopic (exact) mass is 182 g/mol. The molecule has 0 rings (SSSR count). The van der Waals surface area contributed by atoms with Crippen molar-refractivity contribution >= 4 is 32.4 Å². The van der Waals surface area contributed by atoms with E-state index >= 15 is 0 Å². The van der Waals surface area contributed by atoms with Crippen LogP contribution in [0.25, 0.3) is 0 Å². The molecule has 0 heterocycles. The zero-order chi connectivity index (χ0) is 7.11. The van der Waals surface area contributed by atoms with Gasteiger partial charge in [0.25, 0.3) is 0 Å². The quantitative estimate of drug-likeness (QED) is 0.618. The summed E-state index contributed by atoms with van der Waals surface area (Å²) in [5.74, 6) is 0.674. The van der Waals surface area contributed by atoms with Crippen LogP contribution in [0.15, 0.2) is 11.5 Å². The second-order valence-corrected chi connectivity index (χ2v) is 5.23. The Hall–Kier alpha value is 0.590. The summed E-state index contributed by atoms with van der Waals surface area (Å²) >= 11 is 0. The first-order valence-electron chi connectivity index (χ1n) is 2.42. The van der Waals surface area contributed by atoms with Gasteiger partial charge in [-0.15, -0.1) is 0 Å². The molecule has 0 aromatic rings. The van der Waals surface area contributed by atoms with E-state index in [1.165, 1.54) is 0 Å². The predicted molar refractivity (Wildman–Crippen MR) is 49.2 cm³/mol. The van der Waals surface area contributed by atoms with Gasteiger partial charge in [0, 0.05) is 22.8 Å². The minimum absolute atomic E-state index is 0.674. The highest BCUT2D eigenvalue weighted by molar-refractivity contribution is 8.77. The summed E-state index contributed by atoms with van der Waals surface area (Å²) in [5.41, 5.74) is 0. The van der Waals surface area contributed by atoms with Crippen LogP contribution in [0.5, 0.6) is 0 Å². The average Bonchev–Trinajstić information content (AvgIpc) is 1.80. The molecule has 1 nitrogen and oxygen atoms in total. The lowest BCUT2D eigenvalue weighted by atomic mass is 10.8. The second-order valence-electron chi connectivity index (χ2n) is 1.37. The molecule has 0 spiro atoms. The number of hydrogen-bond donors (Lipinski definition) is 0. The Bertz CT molecular complexity index is 111. The highest BCUT2D eigenvalue weighted by Crippen LogP contribution is 2.17. The van der Waals surface area contributed by atoms with E-state index in [4.69, 9.17) is 0 Å². The topological polar surface area (TPSA) is 17.1 Å². The van der Waals surface area contributed by atoms with Crippen molar-refractivity contribution in [2.75, 3.05) is 18.3 Å². The molecule has 0 saturated carbocycles. The van der Waals surface area contributed by atoms with E-state index in [1.54, 1.807) is 27.8 Å². The highest BCUT2D eigenvalue weighted by atomic mass is 33.1. The van der Waals surface area contributed by atoms with Crippen LogP contribution in [-0.2, 0) is 10.8 Å². The van der Waals surface area contributed by atoms with Crippen LogP contribution in [0.3, 0.4) is 0 Å². The van der Waals surface area contributed by atoms with Gasteiger partial charge in [-0.2, -0.15) is 0 Å². The molecule has 1 atom stereocenters. The summed E-state index contributed by atoms with van der Waals surface area (Å²) in [4.78, 5) is 0. The summed E-state index contributed by atoms with van der Waals surface area (Å²) in [6.07, 6.45) is 5.64. The van der Waals surface area contributed by atoms with Gasteiger partial charge in [-0.3, -0.25) is 4.21 Å². The largest absolute Gasteiger partial charge is 0.260 e. The minimum Gasteiger partial charge on any atom is -0.260 e. The molecule has 0 aliphatic heterocycles. The molecular weight excluding hydrogens is 172 g/mol. The van der Waals surface area contributed by atoms with E-state index in [0.29, 0.717) is 5.75 Å². The molecule has 0 bridgehead atoms. The van der Waals surface area contributed by atoms with E-state index in [-0.39, 0.29) is 0 Å². The molecule has 0 amide bonds. The van der Waals surface area contributed by atoms with Crippen LogP contribution in [0, 0.1) is 0 Å². The fraction of sp³-hybridized carbons (Fsp3) is 0.600. The third-order valence-electron chi connectivity index (χ3n) is 0.579. The smallest absolute Gasteiger partial charge is 0.0420 e. The molecule has 4 heteroatoms. The maximum absolute atomic E-state index is 10.5. The first-order chi connectivity index (χ1) is 4.27. The Morgan fingerprint density at radius 2 is 2.33 bits per heavy atom. The van der Waals surface area contributed by atoms with Crippen LogP contribution in [0.1, 0.15) is 0 Å². The van der Waals surface area contributed by atoms with Crippen molar-refractivity contribution in [3.8, 4) is 0 Å². The lowest BCUT2D eigenvalue weighted by Crippen LogP contribution is -1.86. The van der Waals surface area contributed by atoms with Crippen LogP contribution in [0.4, 0.5) is 0 Å². The van der Waals surface area contributed by atoms with Gasteiger partial charge in [0.2, 0.25) is 0 Å². The molecule has 0 aromatic carbocycles. The van der Waals surface area contributed by atoms with Gasteiger partial charge in [-0.25, -0.2) is 0 Å². The SMILES string of the molecule is CSS/C=C\CS(C)=O. The summed E-state index contributed by atoms with van der Waals surface area (Å²) < 4.78 is 10.5. The van der Waals surface area contributed by atoms with Crippen molar-refractivity contribution in [2.45, 2.75) is 0 Å². The average molecular weight is 182 g/mol. The first-order valence-corrected chi connectivity index (χ1v) is 6.76. The van der Waals surface area contributed by atoms with E-state index in [9.17, 15) is 4.21 Å². The summed E-state index contributed by atoms with van der Waals surface area (Å²) in [6, 6.07) is 0. The molecule has 0 aliphatic rings. The Morgan fingerprint density at radius 3 is 2.78 bits per heavy atom. The van der Waals surface area contributed by atoms with Crippen LogP contribution in [-0.4, -0.2) is 22.5 Å². The zero-order valence-electron chi connectivity index (χ0n) is 5.49. The molecule has 0 aromatic heterocycles. The van der Waals surface area contributed by atoms with Crippen LogP contribution < -0.4 is 0 Å². The number of hydrogen-bond acceptors (Lipinski definition) is 3. The van der Waals surface area contributed by atoms with Gasteiger partial charge in [-0.05, 0) is 11.7 Å². The third kappa shape index (κ3) is 8.59. The van der Waals surface area contributed by atoms with E-state index in [0.717, 1.165) is 0 Å². The van der Waals surface area contributed by atoms with Gasteiger partial charge in [0.1, 0.15) is 0 Å². The summed E-state index contributed by atoms with van der Waals surface area (Å²) in [6.45, 7) is 0. The highest BCUT2D eigenvalue weighted by Gasteiger charge is 1.81. The standard InChI is InChI=1S/C5H10OS3/c1-7-8-4-3-5-9(2)6/h3-4H,5H2,1-2H3/b4-3-. The molecule has 0 aliphatic carbocycles. The van der Waals surface area contributed by atoms with Crippen molar-refractivity contribution in [2.24, 2.45) is 0 Å². The molecule has 1 unspecified atom stereocenters. The second kappa shape index (κ2) is 6.71. The Balaban J connectivity index is 3.14. The van der Waals surface area contributed by atoms with E-state index in [2.05, 4.69) is 0 Å². The normalized spacial score (nSPS) is 14.4. The molecule has 0 fully saturated rings. The lowest BCUT2D eigenvalue weighted by Gasteiger charge is -1.84. The van der Waals surface area contributed by atoms with Crippen molar-refractivity contribution < 1.29 is 4.21 Å². The van der Waals surface area contributed by atoms with Gasteiger partial charge < -0.3 is 0 Å². The van der Waals surface area contributed by atoms with Gasteiger partial charge >= 0.3 is 0 Å². The fourth-order valence-corrected chi connectivity index (χ4v) is 1.61. The Morgan fingerprint density at radius 1 is 1.67 bits per heavy atom. The zero-order valence-corrected chi connectivity index (χ0v) is 7.94. The maximum Gasteiger partial charge on any atom is 0.0420 e. The molecular formula is C5H10OS3. The van der Waals surface area contributed by atoms with Crippen LogP contribution in [0.2, 0.25) is 0 Å². The summed E-state index contributed by atoms with van der Waals surface area (Å²) in [7, 11) is 2.66. The first kappa shape index (κ1) is 9.59. The molecule has 0 saturated heterocycles. The Kier molecular flexibility index (Phi) is 7.15. The predicted octanol–water partition coefficient (Wildman–Crippen LogP) is 1.89. The van der Waals surface area contributed by atoms with Crippen molar-refractivity contribution in [3.05, 3.63) is 11.5 Å². The number of rotatable bonds is 4. The summed E-state index contributed by atoms with van der Waals surface area (Å²) in [5, 5.41) is 1.96. The van der Waals surface area contributed by atoms with Gasteiger partial charge in [0.15, 0.2) is 0 Å². The molecule has 0 radical (unpaired) electrons. The van der Waals surface area contributed by atoms with Crippen LogP contribution >= 0.6 is 21.6 Å². The maximum atomic E-state index is 10.5. The lowest BCUT2D eigenvalue weighted by molar-refractivity contribution is 0.688. The van der Waals surface area contributed by atoms with Gasteiger partial charge in [0.05, 0.1) is 0 Å². The van der Waals surface area contributed by atoms with Gasteiger partial charge in [-0.1, -0.05) is 27.7 Å². The Labute approximate surface area is 66.5 Å². The fourth-order valence-electron chi connectivity index (χ4n) is 0.270. The van der Waals surface area contributed by atoms with E-state index < -0.39 is 10.8 Å².